The minimum absolute atomic E-state index is 0.350. The van der Waals surface area contributed by atoms with Crippen LogP contribution < -0.4 is 20.5 Å². The zero-order valence-corrected chi connectivity index (χ0v) is 11.4. The van der Waals surface area contributed by atoms with E-state index in [1.165, 1.54) is 0 Å². The molecule has 1 atom stereocenters. The molecule has 0 aliphatic carbocycles. The molecule has 6 heteroatoms. The van der Waals surface area contributed by atoms with E-state index in [2.05, 4.69) is 5.32 Å². The fourth-order valence-corrected chi connectivity index (χ4v) is 1.66. The number of anilines is 1. The van der Waals surface area contributed by atoms with Gasteiger partial charge in [0.05, 0.1) is 14.2 Å². The molecule has 0 fully saturated rings. The van der Waals surface area contributed by atoms with Crippen molar-refractivity contribution in [1.29, 1.82) is 0 Å². The molecule has 6 nitrogen and oxygen atoms in total. The summed E-state index contributed by atoms with van der Waals surface area (Å²) >= 11 is 0. The van der Waals surface area contributed by atoms with Gasteiger partial charge in [0.25, 0.3) is 0 Å². The molecule has 0 saturated carbocycles. The van der Waals surface area contributed by atoms with Gasteiger partial charge < -0.3 is 25.6 Å². The maximum Gasteiger partial charge on any atom is 0.320 e. The van der Waals surface area contributed by atoms with Gasteiger partial charge in [-0.25, -0.2) is 0 Å². The van der Waals surface area contributed by atoms with Gasteiger partial charge in [0, 0.05) is 18.3 Å². The Morgan fingerprint density at radius 3 is 2.47 bits per heavy atom. The van der Waals surface area contributed by atoms with E-state index < -0.39 is 12.0 Å². The average Bonchev–Trinajstić information content (AvgIpc) is 2.39. The number of ether oxygens (including phenoxy) is 2. The van der Waals surface area contributed by atoms with Gasteiger partial charge in [0.2, 0.25) is 0 Å². The van der Waals surface area contributed by atoms with Crippen molar-refractivity contribution in [3.8, 4) is 11.5 Å². The number of hydrogen-bond donors (Lipinski definition) is 3. The largest absolute Gasteiger partial charge is 0.493 e. The number of aliphatic carboxylic acids is 1. The van der Waals surface area contributed by atoms with E-state index in [-0.39, 0.29) is 0 Å². The molecule has 1 aromatic rings. The molecule has 0 spiro atoms. The zero-order valence-electron chi connectivity index (χ0n) is 11.4. The summed E-state index contributed by atoms with van der Waals surface area (Å²) in [5.74, 6) is 0.289. The highest BCUT2D eigenvalue weighted by Gasteiger charge is 2.12. The Morgan fingerprint density at radius 1 is 1.37 bits per heavy atom. The molecule has 0 heterocycles. The Kier molecular flexibility index (Phi) is 5.44. The molecule has 0 aliphatic heterocycles. The van der Waals surface area contributed by atoms with Gasteiger partial charge in [-0.15, -0.1) is 0 Å². The summed E-state index contributed by atoms with van der Waals surface area (Å²) in [5.41, 5.74) is 7.29. The Balaban J connectivity index is 2.71. The van der Waals surface area contributed by atoms with Gasteiger partial charge in [-0.3, -0.25) is 4.79 Å². The molecule has 0 saturated heterocycles. The minimum Gasteiger partial charge on any atom is -0.493 e. The van der Waals surface area contributed by atoms with Crippen molar-refractivity contribution < 1.29 is 19.4 Å². The van der Waals surface area contributed by atoms with E-state index in [9.17, 15) is 4.79 Å². The molecule has 0 radical (unpaired) electrons. The van der Waals surface area contributed by atoms with Crippen LogP contribution in [0.3, 0.4) is 0 Å². The first-order chi connectivity index (χ1) is 8.99. The van der Waals surface area contributed by atoms with Gasteiger partial charge in [0.15, 0.2) is 11.5 Å². The SMILES string of the molecule is COc1cc(C)c(NCCC(N)C(=O)O)cc1OC. The third-order valence-electron chi connectivity index (χ3n) is 2.82. The second-order valence-corrected chi connectivity index (χ2v) is 4.18. The summed E-state index contributed by atoms with van der Waals surface area (Å²) in [6.45, 7) is 2.41. The van der Waals surface area contributed by atoms with Crippen LogP contribution in [0.15, 0.2) is 12.1 Å². The normalized spacial score (nSPS) is 11.8. The number of rotatable bonds is 7. The molecular formula is C13H20N2O4. The number of hydrogen-bond acceptors (Lipinski definition) is 5. The monoisotopic (exact) mass is 268 g/mol. The fraction of sp³-hybridized carbons (Fsp3) is 0.462. The van der Waals surface area contributed by atoms with E-state index >= 15 is 0 Å². The smallest absolute Gasteiger partial charge is 0.320 e. The van der Waals surface area contributed by atoms with E-state index in [1.807, 2.05) is 19.1 Å². The average molecular weight is 268 g/mol. The summed E-state index contributed by atoms with van der Waals surface area (Å²) in [5, 5.41) is 11.8. The molecule has 1 aromatic carbocycles. The van der Waals surface area contributed by atoms with Crippen LogP contribution in [0.2, 0.25) is 0 Å². The molecule has 19 heavy (non-hydrogen) atoms. The quantitative estimate of drug-likeness (QED) is 0.688. The van der Waals surface area contributed by atoms with Crippen LogP contribution in [0, 0.1) is 6.92 Å². The number of carboxylic acids is 1. The van der Waals surface area contributed by atoms with E-state index in [0.717, 1.165) is 11.3 Å². The number of carboxylic acid groups (broad SMARTS) is 1. The van der Waals surface area contributed by atoms with Crippen molar-refractivity contribution in [2.75, 3.05) is 26.1 Å². The lowest BCUT2D eigenvalue weighted by Crippen LogP contribution is -2.32. The Morgan fingerprint density at radius 2 is 1.95 bits per heavy atom. The van der Waals surface area contributed by atoms with Crippen LogP contribution >= 0.6 is 0 Å². The number of benzene rings is 1. The molecular weight excluding hydrogens is 248 g/mol. The standard InChI is InChI=1S/C13H20N2O4/c1-8-6-11(18-2)12(19-3)7-10(8)15-5-4-9(14)13(16)17/h6-7,9,15H,4-5,14H2,1-3H3,(H,16,17). The molecule has 0 amide bonds. The molecule has 0 aliphatic rings. The van der Waals surface area contributed by atoms with E-state index in [0.29, 0.717) is 24.5 Å². The summed E-state index contributed by atoms with van der Waals surface area (Å²) in [7, 11) is 3.15. The van der Waals surface area contributed by atoms with Gasteiger partial charge in [0.1, 0.15) is 6.04 Å². The van der Waals surface area contributed by atoms with Gasteiger partial charge in [-0.2, -0.15) is 0 Å². The zero-order chi connectivity index (χ0) is 14.4. The predicted molar refractivity (Wildman–Crippen MR) is 73.0 cm³/mol. The van der Waals surface area contributed by atoms with Crippen LogP contribution in [0.5, 0.6) is 11.5 Å². The molecule has 106 valence electrons. The van der Waals surface area contributed by atoms with Crippen molar-refractivity contribution in [3.63, 3.8) is 0 Å². The molecule has 1 rings (SSSR count). The van der Waals surface area contributed by atoms with Crippen LogP contribution in [0.1, 0.15) is 12.0 Å². The Bertz CT molecular complexity index is 449. The number of methoxy groups -OCH3 is 2. The first-order valence-corrected chi connectivity index (χ1v) is 5.94. The highest BCUT2D eigenvalue weighted by Crippen LogP contribution is 2.32. The highest BCUT2D eigenvalue weighted by molar-refractivity contribution is 5.73. The molecule has 1 unspecified atom stereocenters. The van der Waals surface area contributed by atoms with Crippen LogP contribution in [-0.4, -0.2) is 37.9 Å². The summed E-state index contributed by atoms with van der Waals surface area (Å²) in [6.07, 6.45) is 0.350. The molecule has 0 aromatic heterocycles. The number of nitrogens with two attached hydrogens (primary N) is 1. The summed E-state index contributed by atoms with van der Waals surface area (Å²) < 4.78 is 10.4. The summed E-state index contributed by atoms with van der Waals surface area (Å²) in [4.78, 5) is 10.6. The fourth-order valence-electron chi connectivity index (χ4n) is 1.66. The van der Waals surface area contributed by atoms with Gasteiger partial charge in [-0.05, 0) is 25.0 Å². The van der Waals surface area contributed by atoms with Crippen molar-refractivity contribution in [2.24, 2.45) is 5.73 Å². The maximum absolute atomic E-state index is 10.6. The Hall–Kier alpha value is -1.95. The number of nitrogens with one attached hydrogen (secondary N) is 1. The first-order valence-electron chi connectivity index (χ1n) is 5.94. The number of carbonyl (C=O) groups is 1. The lowest BCUT2D eigenvalue weighted by atomic mass is 10.1. The molecule has 4 N–H and O–H groups in total. The van der Waals surface area contributed by atoms with Crippen LogP contribution in [-0.2, 0) is 4.79 Å². The topological polar surface area (TPSA) is 93.8 Å². The van der Waals surface area contributed by atoms with Crippen molar-refractivity contribution in [1.82, 2.24) is 0 Å². The Labute approximate surface area is 112 Å². The van der Waals surface area contributed by atoms with Crippen LogP contribution in [0.4, 0.5) is 5.69 Å². The number of aryl methyl sites for hydroxylation is 1. The highest BCUT2D eigenvalue weighted by atomic mass is 16.5. The van der Waals surface area contributed by atoms with Crippen molar-refractivity contribution >= 4 is 11.7 Å². The van der Waals surface area contributed by atoms with E-state index in [4.69, 9.17) is 20.3 Å². The maximum atomic E-state index is 10.6. The van der Waals surface area contributed by atoms with Gasteiger partial charge in [-0.1, -0.05) is 0 Å². The van der Waals surface area contributed by atoms with Crippen LogP contribution in [0.25, 0.3) is 0 Å². The predicted octanol–water partition coefficient (Wildman–Crippen LogP) is 1.23. The third kappa shape index (κ3) is 4.03. The lowest BCUT2D eigenvalue weighted by molar-refractivity contribution is -0.138. The van der Waals surface area contributed by atoms with Crippen molar-refractivity contribution in [2.45, 2.75) is 19.4 Å². The van der Waals surface area contributed by atoms with Gasteiger partial charge >= 0.3 is 5.97 Å². The van der Waals surface area contributed by atoms with Crippen molar-refractivity contribution in [3.05, 3.63) is 17.7 Å². The second-order valence-electron chi connectivity index (χ2n) is 4.18. The minimum atomic E-state index is -0.995. The first kappa shape index (κ1) is 15.1. The third-order valence-corrected chi connectivity index (χ3v) is 2.82. The molecule has 0 bridgehead atoms. The summed E-state index contributed by atoms with van der Waals surface area (Å²) in [6, 6.07) is 2.83. The second kappa shape index (κ2) is 6.84. The lowest BCUT2D eigenvalue weighted by Gasteiger charge is -2.15. The van der Waals surface area contributed by atoms with E-state index in [1.54, 1.807) is 14.2 Å².